The normalized spacial score (nSPS) is 16.2. The zero-order chi connectivity index (χ0) is 15.5. The Morgan fingerprint density at radius 3 is 2.62 bits per heavy atom. The summed E-state index contributed by atoms with van der Waals surface area (Å²) in [6, 6.07) is 5.27. The van der Waals surface area contributed by atoms with Crippen molar-refractivity contribution in [1.29, 1.82) is 0 Å². The molecule has 1 aromatic rings. The number of carbonyl (C=O) groups is 1. The van der Waals surface area contributed by atoms with E-state index in [1.54, 1.807) is 19.1 Å². The standard InChI is InChI=1S/C15H21NO4S/c1-11(8-15(17)18)10-16-21(19,20)14-7-6-12-4-2-3-5-13(12)9-14/h6-7,9,11,16H,2-5,8,10H2,1H3,(H,17,18). The molecule has 0 aromatic heterocycles. The largest absolute Gasteiger partial charge is 0.481 e. The van der Waals surface area contributed by atoms with Gasteiger partial charge >= 0.3 is 5.97 Å². The lowest BCUT2D eigenvalue weighted by molar-refractivity contribution is -0.137. The van der Waals surface area contributed by atoms with Crippen LogP contribution in [0.2, 0.25) is 0 Å². The van der Waals surface area contributed by atoms with Gasteiger partial charge in [0.25, 0.3) is 0 Å². The fourth-order valence-corrected chi connectivity index (χ4v) is 3.80. The average molecular weight is 311 g/mol. The summed E-state index contributed by atoms with van der Waals surface area (Å²) in [5.41, 5.74) is 2.35. The van der Waals surface area contributed by atoms with E-state index in [0.717, 1.165) is 31.2 Å². The van der Waals surface area contributed by atoms with Gasteiger partial charge in [-0.15, -0.1) is 0 Å². The van der Waals surface area contributed by atoms with Crippen LogP contribution in [0, 0.1) is 5.92 Å². The van der Waals surface area contributed by atoms with E-state index in [0.29, 0.717) is 0 Å². The number of rotatable bonds is 6. The highest BCUT2D eigenvalue weighted by Gasteiger charge is 2.19. The lowest BCUT2D eigenvalue weighted by Gasteiger charge is -2.17. The van der Waals surface area contributed by atoms with Crippen molar-refractivity contribution in [2.24, 2.45) is 5.92 Å². The topological polar surface area (TPSA) is 83.5 Å². The molecule has 5 nitrogen and oxygen atoms in total. The summed E-state index contributed by atoms with van der Waals surface area (Å²) in [5, 5.41) is 8.69. The Morgan fingerprint density at radius 1 is 1.29 bits per heavy atom. The number of aliphatic carboxylic acids is 1. The smallest absolute Gasteiger partial charge is 0.303 e. The van der Waals surface area contributed by atoms with Crippen molar-refractivity contribution in [3.63, 3.8) is 0 Å². The Kier molecular flexibility index (Phi) is 5.00. The number of carboxylic acids is 1. The van der Waals surface area contributed by atoms with Crippen LogP contribution in [0.15, 0.2) is 23.1 Å². The Balaban J connectivity index is 2.07. The van der Waals surface area contributed by atoms with E-state index in [1.165, 1.54) is 5.56 Å². The molecule has 1 atom stereocenters. The average Bonchev–Trinajstić information content (AvgIpc) is 2.44. The van der Waals surface area contributed by atoms with Crippen molar-refractivity contribution >= 4 is 16.0 Å². The van der Waals surface area contributed by atoms with E-state index in [-0.39, 0.29) is 23.8 Å². The lowest BCUT2D eigenvalue weighted by Crippen LogP contribution is -2.29. The molecule has 21 heavy (non-hydrogen) atoms. The van der Waals surface area contributed by atoms with Gasteiger partial charge in [-0.2, -0.15) is 0 Å². The molecule has 0 saturated carbocycles. The number of sulfonamides is 1. The molecule has 0 saturated heterocycles. The summed E-state index contributed by atoms with van der Waals surface area (Å²) >= 11 is 0. The predicted molar refractivity (Wildman–Crippen MR) is 79.7 cm³/mol. The molecule has 2 rings (SSSR count). The minimum Gasteiger partial charge on any atom is -0.481 e. The highest BCUT2D eigenvalue weighted by Crippen LogP contribution is 2.24. The molecule has 2 N–H and O–H groups in total. The monoisotopic (exact) mass is 311 g/mol. The van der Waals surface area contributed by atoms with Crippen LogP contribution in [0.3, 0.4) is 0 Å². The van der Waals surface area contributed by atoms with Crippen molar-refractivity contribution in [2.75, 3.05) is 6.54 Å². The van der Waals surface area contributed by atoms with Crippen molar-refractivity contribution in [1.82, 2.24) is 4.72 Å². The maximum Gasteiger partial charge on any atom is 0.303 e. The number of hydrogen-bond donors (Lipinski definition) is 2. The molecule has 116 valence electrons. The van der Waals surface area contributed by atoms with E-state index < -0.39 is 16.0 Å². The quantitative estimate of drug-likeness (QED) is 0.841. The van der Waals surface area contributed by atoms with Crippen LogP contribution < -0.4 is 4.72 Å². The van der Waals surface area contributed by atoms with Gasteiger partial charge in [0.2, 0.25) is 10.0 Å². The number of benzene rings is 1. The molecule has 6 heteroatoms. The SMILES string of the molecule is CC(CNS(=O)(=O)c1ccc2c(c1)CCCC2)CC(=O)O. The number of hydrogen-bond acceptors (Lipinski definition) is 3. The van der Waals surface area contributed by atoms with Gasteiger partial charge in [0.05, 0.1) is 4.90 Å². The van der Waals surface area contributed by atoms with E-state index in [2.05, 4.69) is 4.72 Å². The molecule has 0 radical (unpaired) electrons. The number of carboxylic acid groups (broad SMARTS) is 1. The first-order valence-corrected chi connectivity index (χ1v) is 8.70. The molecular formula is C15H21NO4S. The third kappa shape index (κ3) is 4.28. The Labute approximate surface area is 125 Å². The first kappa shape index (κ1) is 16.0. The van der Waals surface area contributed by atoms with Crippen molar-refractivity contribution < 1.29 is 18.3 Å². The molecular weight excluding hydrogens is 290 g/mol. The summed E-state index contributed by atoms with van der Waals surface area (Å²) in [6.45, 7) is 1.84. The van der Waals surface area contributed by atoms with Crippen molar-refractivity contribution in [2.45, 2.75) is 43.9 Å². The van der Waals surface area contributed by atoms with Gasteiger partial charge in [0.15, 0.2) is 0 Å². The van der Waals surface area contributed by atoms with Crippen LogP contribution in [-0.2, 0) is 27.7 Å². The third-order valence-corrected chi connectivity index (χ3v) is 5.20. The van der Waals surface area contributed by atoms with Crippen LogP contribution in [0.4, 0.5) is 0 Å². The zero-order valence-corrected chi connectivity index (χ0v) is 12.9. The minimum absolute atomic E-state index is 0.0489. The Morgan fingerprint density at radius 2 is 1.95 bits per heavy atom. The first-order valence-electron chi connectivity index (χ1n) is 7.22. The Hall–Kier alpha value is -1.40. The maximum absolute atomic E-state index is 12.2. The highest BCUT2D eigenvalue weighted by molar-refractivity contribution is 7.89. The molecule has 1 aliphatic carbocycles. The van der Waals surface area contributed by atoms with E-state index in [1.807, 2.05) is 6.07 Å². The van der Waals surface area contributed by atoms with Crippen LogP contribution in [0.1, 0.15) is 37.3 Å². The summed E-state index contributed by atoms with van der Waals surface area (Å²) < 4.78 is 27.0. The summed E-state index contributed by atoms with van der Waals surface area (Å²) in [4.78, 5) is 10.9. The van der Waals surface area contributed by atoms with Gasteiger partial charge in [-0.3, -0.25) is 4.79 Å². The summed E-state index contributed by atoms with van der Waals surface area (Å²) in [7, 11) is -3.57. The van der Waals surface area contributed by atoms with Crippen molar-refractivity contribution in [3.05, 3.63) is 29.3 Å². The van der Waals surface area contributed by atoms with Gasteiger partial charge in [0.1, 0.15) is 0 Å². The number of fused-ring (bicyclic) bond motifs is 1. The van der Waals surface area contributed by atoms with Gasteiger partial charge in [-0.05, 0) is 54.9 Å². The molecule has 0 heterocycles. The summed E-state index contributed by atoms with van der Waals surface area (Å²) in [6.07, 6.45) is 4.14. The fourth-order valence-electron chi connectivity index (χ4n) is 2.58. The van der Waals surface area contributed by atoms with Crippen LogP contribution in [0.5, 0.6) is 0 Å². The molecule has 0 bridgehead atoms. The third-order valence-electron chi connectivity index (χ3n) is 3.78. The van der Waals surface area contributed by atoms with E-state index >= 15 is 0 Å². The van der Waals surface area contributed by atoms with Crippen LogP contribution >= 0.6 is 0 Å². The predicted octanol–water partition coefficient (Wildman–Crippen LogP) is 1.95. The maximum atomic E-state index is 12.2. The first-order chi connectivity index (χ1) is 9.88. The number of nitrogens with one attached hydrogen (secondary N) is 1. The summed E-state index contributed by atoms with van der Waals surface area (Å²) in [5.74, 6) is -1.16. The van der Waals surface area contributed by atoms with Crippen LogP contribution in [-0.4, -0.2) is 26.0 Å². The zero-order valence-electron chi connectivity index (χ0n) is 12.1. The molecule has 1 aliphatic rings. The molecule has 0 spiro atoms. The van der Waals surface area contributed by atoms with E-state index in [4.69, 9.17) is 5.11 Å². The number of aryl methyl sites for hydroxylation is 2. The second-order valence-corrected chi connectivity index (χ2v) is 7.46. The molecule has 0 fully saturated rings. The molecule has 1 aromatic carbocycles. The highest BCUT2D eigenvalue weighted by atomic mass is 32.2. The van der Waals surface area contributed by atoms with Crippen LogP contribution in [0.25, 0.3) is 0 Å². The minimum atomic E-state index is -3.57. The lowest BCUT2D eigenvalue weighted by atomic mass is 9.92. The molecule has 0 amide bonds. The van der Waals surface area contributed by atoms with Gasteiger partial charge < -0.3 is 5.11 Å². The second-order valence-electron chi connectivity index (χ2n) is 5.69. The molecule has 1 unspecified atom stereocenters. The van der Waals surface area contributed by atoms with Gasteiger partial charge in [-0.25, -0.2) is 13.1 Å². The van der Waals surface area contributed by atoms with Crippen molar-refractivity contribution in [3.8, 4) is 0 Å². The Bertz CT molecular complexity index is 625. The van der Waals surface area contributed by atoms with Gasteiger partial charge in [0, 0.05) is 13.0 Å². The van der Waals surface area contributed by atoms with Gasteiger partial charge in [-0.1, -0.05) is 13.0 Å². The van der Waals surface area contributed by atoms with E-state index in [9.17, 15) is 13.2 Å². The second kappa shape index (κ2) is 6.58. The fraction of sp³-hybridized carbons (Fsp3) is 0.533. The molecule has 0 aliphatic heterocycles.